The summed E-state index contributed by atoms with van der Waals surface area (Å²) >= 11 is 0. The van der Waals surface area contributed by atoms with Gasteiger partial charge in [-0.3, -0.25) is 4.79 Å². The SMILES string of the molecule is C=C/C=C(\C(=C)C(=C)/C=C\C(=C)Cn1c(C)c(C)c2cc(C(=O)NCc3ccc(C(C)(C)C)cc3)ccc21)C(=O)OC(C)(C)C. The van der Waals surface area contributed by atoms with Crippen LogP contribution in [0.15, 0.2) is 115 Å². The molecule has 1 aromatic heterocycles. The first-order chi connectivity index (χ1) is 20.9. The molecule has 0 aliphatic rings. The third-order valence-corrected chi connectivity index (χ3v) is 7.67. The Morgan fingerprint density at radius 2 is 1.58 bits per heavy atom. The Balaban J connectivity index is 1.72. The van der Waals surface area contributed by atoms with Crippen LogP contribution >= 0.6 is 0 Å². The van der Waals surface area contributed by atoms with Gasteiger partial charge in [-0.15, -0.1) is 0 Å². The normalized spacial score (nSPS) is 12.3. The number of allylic oxidation sites excluding steroid dienone is 6. The number of aryl methyl sites for hydroxylation is 1. The van der Waals surface area contributed by atoms with Crippen molar-refractivity contribution in [2.75, 3.05) is 0 Å². The van der Waals surface area contributed by atoms with Crippen molar-refractivity contribution in [3.63, 3.8) is 0 Å². The molecule has 0 spiro atoms. The molecule has 0 unspecified atom stereocenters. The summed E-state index contributed by atoms with van der Waals surface area (Å²) in [6, 6.07) is 14.2. The maximum Gasteiger partial charge on any atom is 0.339 e. The van der Waals surface area contributed by atoms with E-state index in [1.54, 1.807) is 12.2 Å². The second-order valence-electron chi connectivity index (χ2n) is 13.5. The lowest BCUT2D eigenvalue weighted by molar-refractivity contribution is -0.149. The highest BCUT2D eigenvalue weighted by molar-refractivity contribution is 5.99. The molecule has 1 N–H and O–H groups in total. The molecule has 0 aliphatic heterocycles. The van der Waals surface area contributed by atoms with E-state index >= 15 is 0 Å². The van der Waals surface area contributed by atoms with Crippen molar-refractivity contribution < 1.29 is 14.3 Å². The van der Waals surface area contributed by atoms with E-state index in [-0.39, 0.29) is 11.3 Å². The lowest BCUT2D eigenvalue weighted by atomic mass is 9.87. The molecule has 3 rings (SSSR count). The predicted molar refractivity (Wildman–Crippen MR) is 188 cm³/mol. The molecule has 0 fully saturated rings. The highest BCUT2D eigenvalue weighted by Gasteiger charge is 2.22. The Kier molecular flexibility index (Phi) is 10.8. The second kappa shape index (κ2) is 14.0. The number of rotatable bonds is 11. The Bertz CT molecular complexity index is 1710. The lowest BCUT2D eigenvalue weighted by Crippen LogP contribution is -2.25. The summed E-state index contributed by atoms with van der Waals surface area (Å²) in [5, 5.41) is 4.09. The summed E-state index contributed by atoms with van der Waals surface area (Å²) in [6.07, 6.45) is 6.80. The van der Waals surface area contributed by atoms with Crippen LogP contribution < -0.4 is 5.32 Å². The summed E-state index contributed by atoms with van der Waals surface area (Å²) in [5.41, 5.74) is 7.81. The van der Waals surface area contributed by atoms with Crippen LogP contribution in [0.1, 0.15) is 74.3 Å². The summed E-state index contributed by atoms with van der Waals surface area (Å²) in [5.74, 6) is -0.586. The molecular formula is C40H48N2O3. The van der Waals surface area contributed by atoms with Crippen LogP contribution in [-0.2, 0) is 28.0 Å². The molecule has 45 heavy (non-hydrogen) atoms. The Hall–Kier alpha value is -4.64. The molecule has 0 aliphatic carbocycles. The zero-order valence-corrected chi connectivity index (χ0v) is 28.3. The van der Waals surface area contributed by atoms with E-state index < -0.39 is 11.6 Å². The summed E-state index contributed by atoms with van der Waals surface area (Å²) in [7, 11) is 0. The average Bonchev–Trinajstić information content (AvgIpc) is 3.19. The van der Waals surface area contributed by atoms with Gasteiger partial charge in [-0.2, -0.15) is 0 Å². The van der Waals surface area contributed by atoms with E-state index in [4.69, 9.17) is 4.74 Å². The fraction of sp³-hybridized carbons (Fsp3) is 0.300. The van der Waals surface area contributed by atoms with Crippen molar-refractivity contribution in [2.24, 2.45) is 0 Å². The van der Waals surface area contributed by atoms with E-state index in [1.165, 1.54) is 11.6 Å². The van der Waals surface area contributed by atoms with Gasteiger partial charge in [0.25, 0.3) is 5.91 Å². The number of nitrogens with zero attached hydrogens (tertiary/aromatic N) is 1. The highest BCUT2D eigenvalue weighted by atomic mass is 16.6. The van der Waals surface area contributed by atoms with E-state index in [1.807, 2.05) is 45.0 Å². The van der Waals surface area contributed by atoms with Gasteiger partial charge in [0.1, 0.15) is 5.60 Å². The van der Waals surface area contributed by atoms with E-state index in [0.29, 0.717) is 35.4 Å². The van der Waals surface area contributed by atoms with E-state index in [2.05, 4.69) is 95.1 Å². The molecule has 0 bridgehead atoms. The number of amides is 1. The number of carbonyl (C=O) groups excluding carboxylic acids is 2. The maximum absolute atomic E-state index is 13.1. The molecule has 0 saturated heterocycles. The van der Waals surface area contributed by atoms with Crippen molar-refractivity contribution in [3.8, 4) is 0 Å². The van der Waals surface area contributed by atoms with Gasteiger partial charge in [-0.1, -0.05) is 89.6 Å². The largest absolute Gasteiger partial charge is 0.456 e. The van der Waals surface area contributed by atoms with Crippen LogP contribution in [0.4, 0.5) is 0 Å². The van der Waals surface area contributed by atoms with E-state index in [0.717, 1.165) is 33.3 Å². The quantitative estimate of drug-likeness (QED) is 0.135. The molecule has 236 valence electrons. The minimum atomic E-state index is -0.637. The Morgan fingerprint density at radius 3 is 2.16 bits per heavy atom. The Labute approximate surface area is 269 Å². The number of hydrogen-bond acceptors (Lipinski definition) is 3. The molecule has 5 nitrogen and oxygen atoms in total. The first-order valence-corrected chi connectivity index (χ1v) is 15.2. The van der Waals surface area contributed by atoms with Crippen LogP contribution in [0.2, 0.25) is 0 Å². The van der Waals surface area contributed by atoms with Gasteiger partial charge in [0.15, 0.2) is 0 Å². The number of esters is 1. The van der Waals surface area contributed by atoms with Gasteiger partial charge in [-0.05, 0) is 97.7 Å². The minimum absolute atomic E-state index is 0.0894. The topological polar surface area (TPSA) is 60.3 Å². The lowest BCUT2D eigenvalue weighted by Gasteiger charge is -2.21. The molecular weight excluding hydrogens is 556 g/mol. The molecule has 2 aromatic carbocycles. The van der Waals surface area contributed by atoms with Crippen LogP contribution in [0, 0.1) is 13.8 Å². The molecule has 1 amide bonds. The third kappa shape index (κ3) is 8.95. The number of hydrogen-bond donors (Lipinski definition) is 1. The summed E-state index contributed by atoms with van der Waals surface area (Å²) in [4.78, 5) is 25.8. The number of benzene rings is 2. The number of nitrogens with one attached hydrogen (secondary N) is 1. The molecule has 5 heteroatoms. The number of fused-ring (bicyclic) bond motifs is 1. The monoisotopic (exact) mass is 604 g/mol. The average molecular weight is 605 g/mol. The number of ether oxygens (including phenoxy) is 1. The van der Waals surface area contributed by atoms with Crippen LogP contribution in [0.5, 0.6) is 0 Å². The minimum Gasteiger partial charge on any atom is -0.456 e. The molecule has 3 aromatic rings. The fourth-order valence-corrected chi connectivity index (χ4v) is 4.89. The van der Waals surface area contributed by atoms with Crippen molar-refractivity contribution in [2.45, 2.75) is 79.5 Å². The van der Waals surface area contributed by atoms with Crippen LogP contribution in [0.3, 0.4) is 0 Å². The third-order valence-electron chi connectivity index (χ3n) is 7.67. The number of aromatic nitrogens is 1. The standard InChI is InChI=1S/C40H48N2O3/c1-13-14-34(38(44)45-40(10,11)12)28(4)27(3)16-15-26(2)25-42-30(6)29(5)35-23-32(19-22-36(35)42)37(43)41-24-31-17-20-33(21-18-31)39(7,8)9/h13-23H,1-4,24-25H2,5-12H3,(H,41,43)/b16-15-,34-14+. The van der Waals surface area contributed by atoms with Crippen LogP contribution in [0.25, 0.3) is 10.9 Å². The van der Waals surface area contributed by atoms with Crippen molar-refractivity contribution in [3.05, 3.63) is 143 Å². The van der Waals surface area contributed by atoms with Gasteiger partial charge >= 0.3 is 5.97 Å². The van der Waals surface area contributed by atoms with Gasteiger partial charge in [0, 0.05) is 35.2 Å². The van der Waals surface area contributed by atoms with Gasteiger partial charge in [-0.25, -0.2) is 4.79 Å². The first-order valence-electron chi connectivity index (χ1n) is 15.2. The summed E-state index contributed by atoms with van der Waals surface area (Å²) in [6.45, 7) is 33.3. The highest BCUT2D eigenvalue weighted by Crippen LogP contribution is 2.28. The van der Waals surface area contributed by atoms with E-state index in [9.17, 15) is 9.59 Å². The number of carbonyl (C=O) groups is 2. The fourth-order valence-electron chi connectivity index (χ4n) is 4.89. The first kappa shape index (κ1) is 34.8. The smallest absolute Gasteiger partial charge is 0.339 e. The predicted octanol–water partition coefficient (Wildman–Crippen LogP) is 9.16. The van der Waals surface area contributed by atoms with Crippen molar-refractivity contribution in [1.82, 2.24) is 9.88 Å². The van der Waals surface area contributed by atoms with Crippen LogP contribution in [-0.4, -0.2) is 22.0 Å². The maximum atomic E-state index is 13.1. The second-order valence-corrected chi connectivity index (χ2v) is 13.5. The summed E-state index contributed by atoms with van der Waals surface area (Å²) < 4.78 is 7.72. The molecule has 0 saturated carbocycles. The zero-order valence-electron chi connectivity index (χ0n) is 28.3. The van der Waals surface area contributed by atoms with Gasteiger partial charge in [0.05, 0.1) is 5.57 Å². The van der Waals surface area contributed by atoms with Crippen molar-refractivity contribution >= 4 is 22.8 Å². The molecule has 0 atom stereocenters. The molecule has 0 radical (unpaired) electrons. The molecule has 1 heterocycles. The Morgan fingerprint density at radius 1 is 0.933 bits per heavy atom. The van der Waals surface area contributed by atoms with Crippen molar-refractivity contribution in [1.29, 1.82) is 0 Å². The van der Waals surface area contributed by atoms with Gasteiger partial charge in [0.2, 0.25) is 0 Å². The zero-order chi connectivity index (χ0) is 33.7. The van der Waals surface area contributed by atoms with Gasteiger partial charge < -0.3 is 14.6 Å².